The number of pyridine rings is 1. The van der Waals surface area contributed by atoms with Crippen molar-refractivity contribution in [3.05, 3.63) is 24.1 Å². The standard InChI is InChI=1S/C11H14FN3/c1-3-15(8-9(2)6-13)11-5-4-10(12)7-14-11/h4-5,7,9H,3,8H2,1-2H3. The minimum Gasteiger partial charge on any atom is -0.356 e. The number of hydrogen-bond acceptors (Lipinski definition) is 3. The van der Waals surface area contributed by atoms with Crippen LogP contribution in [0.1, 0.15) is 13.8 Å². The number of nitrogens with zero attached hydrogens (tertiary/aromatic N) is 3. The molecule has 1 aromatic rings. The molecule has 0 saturated heterocycles. The van der Waals surface area contributed by atoms with Crippen molar-refractivity contribution in [1.29, 1.82) is 5.26 Å². The molecule has 0 radical (unpaired) electrons. The predicted molar refractivity (Wildman–Crippen MR) is 56.9 cm³/mol. The third-order valence-corrected chi connectivity index (χ3v) is 2.13. The van der Waals surface area contributed by atoms with E-state index in [0.29, 0.717) is 12.4 Å². The SMILES string of the molecule is CCN(CC(C)C#N)c1ccc(F)cn1. The Morgan fingerprint density at radius 3 is 2.80 bits per heavy atom. The summed E-state index contributed by atoms with van der Waals surface area (Å²) >= 11 is 0. The zero-order valence-electron chi connectivity index (χ0n) is 8.94. The first-order valence-corrected chi connectivity index (χ1v) is 4.93. The number of halogens is 1. The topological polar surface area (TPSA) is 39.9 Å². The van der Waals surface area contributed by atoms with E-state index in [0.717, 1.165) is 6.54 Å². The van der Waals surface area contributed by atoms with E-state index < -0.39 is 0 Å². The molecule has 1 aromatic heterocycles. The Balaban J connectivity index is 2.75. The van der Waals surface area contributed by atoms with E-state index in [1.807, 2.05) is 18.7 Å². The van der Waals surface area contributed by atoms with E-state index in [4.69, 9.17) is 5.26 Å². The zero-order chi connectivity index (χ0) is 11.3. The van der Waals surface area contributed by atoms with Crippen LogP contribution in [0.3, 0.4) is 0 Å². The van der Waals surface area contributed by atoms with E-state index >= 15 is 0 Å². The molecule has 0 aromatic carbocycles. The second-order valence-electron chi connectivity index (χ2n) is 3.40. The third-order valence-electron chi connectivity index (χ3n) is 2.13. The van der Waals surface area contributed by atoms with Gasteiger partial charge in [-0.2, -0.15) is 5.26 Å². The summed E-state index contributed by atoms with van der Waals surface area (Å²) in [4.78, 5) is 5.93. The second kappa shape index (κ2) is 5.30. The van der Waals surface area contributed by atoms with Crippen LogP contribution in [0.15, 0.2) is 18.3 Å². The Labute approximate surface area is 89.2 Å². The third kappa shape index (κ3) is 3.21. The summed E-state index contributed by atoms with van der Waals surface area (Å²) in [7, 11) is 0. The fourth-order valence-corrected chi connectivity index (χ4v) is 1.31. The Bertz CT molecular complexity index is 342. The largest absolute Gasteiger partial charge is 0.356 e. The molecule has 4 heteroatoms. The molecular weight excluding hydrogens is 193 g/mol. The molecule has 1 heterocycles. The molecule has 1 rings (SSSR count). The van der Waals surface area contributed by atoms with Crippen molar-refractivity contribution in [3.63, 3.8) is 0 Å². The Morgan fingerprint density at radius 2 is 2.33 bits per heavy atom. The lowest BCUT2D eigenvalue weighted by molar-refractivity contribution is 0.618. The molecule has 1 atom stereocenters. The van der Waals surface area contributed by atoms with Crippen LogP contribution in [0.4, 0.5) is 10.2 Å². The highest BCUT2D eigenvalue weighted by Crippen LogP contribution is 2.12. The molecule has 0 N–H and O–H groups in total. The van der Waals surface area contributed by atoms with Gasteiger partial charge in [0.1, 0.15) is 11.6 Å². The lowest BCUT2D eigenvalue weighted by Gasteiger charge is -2.22. The smallest absolute Gasteiger partial charge is 0.141 e. The summed E-state index contributed by atoms with van der Waals surface area (Å²) in [6.07, 6.45) is 1.19. The Morgan fingerprint density at radius 1 is 1.60 bits per heavy atom. The maximum Gasteiger partial charge on any atom is 0.141 e. The minimum atomic E-state index is -0.344. The van der Waals surface area contributed by atoms with Crippen LogP contribution in [0.2, 0.25) is 0 Å². The van der Waals surface area contributed by atoms with Gasteiger partial charge in [-0.25, -0.2) is 9.37 Å². The molecule has 0 spiro atoms. The van der Waals surface area contributed by atoms with Crippen molar-refractivity contribution >= 4 is 5.82 Å². The van der Waals surface area contributed by atoms with E-state index in [1.54, 1.807) is 6.07 Å². The van der Waals surface area contributed by atoms with Gasteiger partial charge in [-0.05, 0) is 26.0 Å². The van der Waals surface area contributed by atoms with Gasteiger partial charge >= 0.3 is 0 Å². The fraction of sp³-hybridized carbons (Fsp3) is 0.455. The summed E-state index contributed by atoms with van der Waals surface area (Å²) in [5.41, 5.74) is 0. The quantitative estimate of drug-likeness (QED) is 0.760. The van der Waals surface area contributed by atoms with Crippen LogP contribution < -0.4 is 4.90 Å². The number of aromatic nitrogens is 1. The van der Waals surface area contributed by atoms with Crippen LogP contribution in [0, 0.1) is 23.1 Å². The highest BCUT2D eigenvalue weighted by molar-refractivity contribution is 5.37. The van der Waals surface area contributed by atoms with Crippen LogP contribution in [0.5, 0.6) is 0 Å². The molecular formula is C11H14FN3. The second-order valence-corrected chi connectivity index (χ2v) is 3.40. The maximum absolute atomic E-state index is 12.6. The Hall–Kier alpha value is -1.63. The first kappa shape index (κ1) is 11.4. The molecule has 0 aliphatic carbocycles. The molecule has 0 saturated carbocycles. The van der Waals surface area contributed by atoms with Gasteiger partial charge in [0, 0.05) is 13.1 Å². The molecule has 0 bridgehead atoms. The molecule has 3 nitrogen and oxygen atoms in total. The van der Waals surface area contributed by atoms with E-state index in [9.17, 15) is 4.39 Å². The molecule has 0 aliphatic rings. The number of rotatable bonds is 4. The van der Waals surface area contributed by atoms with Crippen LogP contribution in [0.25, 0.3) is 0 Å². The molecule has 0 aliphatic heterocycles. The summed E-state index contributed by atoms with van der Waals surface area (Å²) < 4.78 is 12.6. The lowest BCUT2D eigenvalue weighted by Crippen LogP contribution is -2.28. The molecule has 80 valence electrons. The average molecular weight is 207 g/mol. The van der Waals surface area contributed by atoms with Crippen LogP contribution in [-0.4, -0.2) is 18.1 Å². The van der Waals surface area contributed by atoms with E-state index in [1.165, 1.54) is 12.3 Å². The van der Waals surface area contributed by atoms with Crippen molar-refractivity contribution in [2.24, 2.45) is 5.92 Å². The molecule has 0 amide bonds. The zero-order valence-corrected chi connectivity index (χ0v) is 8.94. The Kier molecular flexibility index (Phi) is 4.04. The average Bonchev–Trinajstić information content (AvgIpc) is 2.27. The van der Waals surface area contributed by atoms with Crippen molar-refractivity contribution in [2.45, 2.75) is 13.8 Å². The molecule has 0 fully saturated rings. The van der Waals surface area contributed by atoms with Gasteiger partial charge in [-0.15, -0.1) is 0 Å². The van der Waals surface area contributed by atoms with Crippen molar-refractivity contribution < 1.29 is 4.39 Å². The van der Waals surface area contributed by atoms with E-state index in [2.05, 4.69) is 11.1 Å². The molecule has 15 heavy (non-hydrogen) atoms. The van der Waals surface area contributed by atoms with Gasteiger partial charge in [-0.1, -0.05) is 0 Å². The maximum atomic E-state index is 12.6. The minimum absolute atomic E-state index is 0.0585. The van der Waals surface area contributed by atoms with Crippen LogP contribution >= 0.6 is 0 Å². The summed E-state index contributed by atoms with van der Waals surface area (Å²) in [5, 5.41) is 8.71. The van der Waals surface area contributed by atoms with E-state index in [-0.39, 0.29) is 11.7 Å². The number of hydrogen-bond donors (Lipinski definition) is 0. The predicted octanol–water partition coefficient (Wildman–Crippen LogP) is 2.21. The molecule has 1 unspecified atom stereocenters. The number of nitriles is 1. The first-order valence-electron chi connectivity index (χ1n) is 4.93. The highest BCUT2D eigenvalue weighted by Gasteiger charge is 2.09. The monoisotopic (exact) mass is 207 g/mol. The van der Waals surface area contributed by atoms with Gasteiger partial charge in [0.15, 0.2) is 0 Å². The van der Waals surface area contributed by atoms with Gasteiger partial charge < -0.3 is 4.90 Å². The fourth-order valence-electron chi connectivity index (χ4n) is 1.31. The van der Waals surface area contributed by atoms with Crippen molar-refractivity contribution in [2.75, 3.05) is 18.0 Å². The van der Waals surface area contributed by atoms with Gasteiger partial charge in [0.2, 0.25) is 0 Å². The summed E-state index contributed by atoms with van der Waals surface area (Å²) in [5.74, 6) is 0.306. The van der Waals surface area contributed by atoms with Crippen molar-refractivity contribution in [3.8, 4) is 6.07 Å². The first-order chi connectivity index (χ1) is 7.17. The van der Waals surface area contributed by atoms with Gasteiger partial charge in [0.05, 0.1) is 18.2 Å². The summed E-state index contributed by atoms with van der Waals surface area (Å²) in [6.45, 7) is 5.21. The highest BCUT2D eigenvalue weighted by atomic mass is 19.1. The van der Waals surface area contributed by atoms with Crippen LogP contribution in [-0.2, 0) is 0 Å². The van der Waals surface area contributed by atoms with Crippen molar-refractivity contribution in [1.82, 2.24) is 4.98 Å². The normalized spacial score (nSPS) is 11.9. The van der Waals surface area contributed by atoms with Gasteiger partial charge in [0.25, 0.3) is 0 Å². The summed E-state index contributed by atoms with van der Waals surface area (Å²) in [6, 6.07) is 5.17. The number of anilines is 1. The lowest BCUT2D eigenvalue weighted by atomic mass is 10.2. The van der Waals surface area contributed by atoms with Gasteiger partial charge in [-0.3, -0.25) is 0 Å².